The lowest BCUT2D eigenvalue weighted by Crippen LogP contribution is -2.11. The maximum atomic E-state index is 6.42. The van der Waals surface area contributed by atoms with Crippen LogP contribution in [0, 0.1) is 0 Å². The minimum atomic E-state index is 0.599. The molecule has 0 aliphatic heterocycles. The van der Waals surface area contributed by atoms with Crippen molar-refractivity contribution in [2.24, 2.45) is 0 Å². The van der Waals surface area contributed by atoms with E-state index >= 15 is 0 Å². The fourth-order valence-corrected chi connectivity index (χ4v) is 8.02. The van der Waals surface area contributed by atoms with Crippen LogP contribution in [-0.4, -0.2) is 4.98 Å². The average molecular weight is 705 g/mol. The van der Waals surface area contributed by atoms with Gasteiger partial charge in [-0.05, 0) is 105 Å². The number of anilines is 3. The van der Waals surface area contributed by atoms with E-state index in [1.807, 2.05) is 42.5 Å². The van der Waals surface area contributed by atoms with Gasteiger partial charge in [0.05, 0.1) is 11.1 Å². The number of aromatic nitrogens is 1. The van der Waals surface area contributed by atoms with Crippen molar-refractivity contribution >= 4 is 71.6 Å². The van der Waals surface area contributed by atoms with E-state index in [0.717, 1.165) is 72.4 Å². The number of benzene rings is 9. The van der Waals surface area contributed by atoms with Gasteiger partial charge in [0, 0.05) is 27.9 Å². The third kappa shape index (κ3) is 5.26. The molecule has 2 aromatic heterocycles. The summed E-state index contributed by atoms with van der Waals surface area (Å²) in [6.07, 6.45) is 0. The smallest absolute Gasteiger partial charge is 0.227 e. The van der Waals surface area contributed by atoms with Crippen molar-refractivity contribution < 1.29 is 8.83 Å². The van der Waals surface area contributed by atoms with Crippen molar-refractivity contribution in [3.63, 3.8) is 0 Å². The van der Waals surface area contributed by atoms with Crippen molar-refractivity contribution in [1.82, 2.24) is 4.98 Å². The Labute approximate surface area is 317 Å². The topological polar surface area (TPSA) is 42.4 Å². The van der Waals surface area contributed by atoms with E-state index in [4.69, 9.17) is 13.8 Å². The highest BCUT2D eigenvalue weighted by atomic mass is 16.4. The Bertz CT molecular complexity index is 3200. The Hall–Kier alpha value is -7.43. The van der Waals surface area contributed by atoms with E-state index in [2.05, 4.69) is 157 Å². The van der Waals surface area contributed by atoms with Crippen LogP contribution >= 0.6 is 0 Å². The van der Waals surface area contributed by atoms with Gasteiger partial charge >= 0.3 is 0 Å². The molecule has 11 aromatic rings. The molecule has 0 aliphatic rings. The van der Waals surface area contributed by atoms with Gasteiger partial charge in [-0.25, -0.2) is 4.98 Å². The lowest BCUT2D eigenvalue weighted by molar-refractivity contribution is 0.622. The summed E-state index contributed by atoms with van der Waals surface area (Å²) >= 11 is 0. The molecular weight excluding hydrogens is 673 g/mol. The van der Waals surface area contributed by atoms with Gasteiger partial charge in [0.2, 0.25) is 5.89 Å². The van der Waals surface area contributed by atoms with Crippen molar-refractivity contribution in [1.29, 1.82) is 0 Å². The fraction of sp³-hybridized carbons (Fsp3) is 0. The summed E-state index contributed by atoms with van der Waals surface area (Å²) in [6.45, 7) is 0. The second-order valence-electron chi connectivity index (χ2n) is 13.9. The van der Waals surface area contributed by atoms with Crippen LogP contribution in [0.4, 0.5) is 17.1 Å². The predicted octanol–water partition coefficient (Wildman–Crippen LogP) is 14.5. The number of hydrogen-bond donors (Lipinski definition) is 0. The van der Waals surface area contributed by atoms with E-state index in [-0.39, 0.29) is 0 Å². The molecule has 0 N–H and O–H groups in total. The number of furan rings is 1. The highest BCUT2D eigenvalue weighted by molar-refractivity contribution is 6.17. The Morgan fingerprint density at radius 1 is 0.400 bits per heavy atom. The lowest BCUT2D eigenvalue weighted by atomic mass is 9.99. The standard InChI is InChI=1S/C51H32N2O2/c1-3-11-34(12-4-1)42-17-9-10-18-46(42)53(40-27-23-36-20-19-35-13-7-8-16-41(35)43(36)32-40)39-25-21-33(22-26-39)38-24-29-47-44(31-38)49-48(54-47)30-28-45-50(49)55-51(52-45)37-14-5-2-6-15-37/h1-32H. The first kappa shape index (κ1) is 31.1. The van der Waals surface area contributed by atoms with E-state index in [1.165, 1.54) is 27.1 Å². The number of hydrogen-bond acceptors (Lipinski definition) is 4. The molecule has 0 radical (unpaired) electrons. The first-order valence-electron chi connectivity index (χ1n) is 18.5. The molecular formula is C51H32N2O2. The normalized spacial score (nSPS) is 11.6. The average Bonchev–Trinajstić information content (AvgIpc) is 3.86. The minimum Gasteiger partial charge on any atom is -0.456 e. The monoisotopic (exact) mass is 704 g/mol. The predicted molar refractivity (Wildman–Crippen MR) is 227 cm³/mol. The molecule has 55 heavy (non-hydrogen) atoms. The second-order valence-corrected chi connectivity index (χ2v) is 13.9. The molecule has 4 heteroatoms. The molecule has 0 spiro atoms. The first-order valence-corrected chi connectivity index (χ1v) is 18.5. The van der Waals surface area contributed by atoms with Crippen molar-refractivity contribution in [3.8, 4) is 33.7 Å². The van der Waals surface area contributed by atoms with Crippen molar-refractivity contribution in [2.45, 2.75) is 0 Å². The third-order valence-corrected chi connectivity index (χ3v) is 10.7. The van der Waals surface area contributed by atoms with Gasteiger partial charge in [-0.2, -0.15) is 0 Å². The molecule has 9 aromatic carbocycles. The molecule has 0 fully saturated rings. The zero-order valence-electron chi connectivity index (χ0n) is 29.7. The molecule has 0 saturated carbocycles. The van der Waals surface area contributed by atoms with E-state index in [1.54, 1.807) is 0 Å². The van der Waals surface area contributed by atoms with Crippen LogP contribution in [-0.2, 0) is 0 Å². The van der Waals surface area contributed by atoms with Gasteiger partial charge in [0.1, 0.15) is 16.7 Å². The lowest BCUT2D eigenvalue weighted by Gasteiger charge is -2.28. The molecule has 0 aliphatic carbocycles. The molecule has 0 unspecified atom stereocenters. The molecule has 0 atom stereocenters. The second kappa shape index (κ2) is 12.6. The van der Waals surface area contributed by atoms with Gasteiger partial charge < -0.3 is 13.7 Å². The zero-order chi connectivity index (χ0) is 36.3. The number of para-hydroxylation sites is 1. The van der Waals surface area contributed by atoms with Gasteiger partial charge in [-0.15, -0.1) is 0 Å². The highest BCUT2D eigenvalue weighted by Gasteiger charge is 2.20. The molecule has 0 amide bonds. The van der Waals surface area contributed by atoms with Gasteiger partial charge in [-0.1, -0.05) is 127 Å². The molecule has 0 bridgehead atoms. The Morgan fingerprint density at radius 2 is 1.05 bits per heavy atom. The van der Waals surface area contributed by atoms with Crippen LogP contribution in [0.2, 0.25) is 0 Å². The maximum Gasteiger partial charge on any atom is 0.227 e. The summed E-state index contributed by atoms with van der Waals surface area (Å²) in [5, 5.41) is 6.86. The summed E-state index contributed by atoms with van der Waals surface area (Å²) in [6, 6.07) is 68.4. The Kier molecular flexibility index (Phi) is 7.14. The van der Waals surface area contributed by atoms with Crippen LogP contribution in [0.3, 0.4) is 0 Å². The molecule has 11 rings (SSSR count). The van der Waals surface area contributed by atoms with Crippen LogP contribution in [0.25, 0.3) is 88.3 Å². The Balaban J connectivity index is 1.05. The number of nitrogens with zero attached hydrogens (tertiary/aromatic N) is 2. The largest absolute Gasteiger partial charge is 0.456 e. The quantitative estimate of drug-likeness (QED) is 0.162. The molecule has 4 nitrogen and oxygen atoms in total. The Morgan fingerprint density at radius 3 is 1.89 bits per heavy atom. The van der Waals surface area contributed by atoms with Crippen LogP contribution in [0.15, 0.2) is 203 Å². The van der Waals surface area contributed by atoms with E-state index in [9.17, 15) is 0 Å². The van der Waals surface area contributed by atoms with Gasteiger partial charge in [0.25, 0.3) is 0 Å². The zero-order valence-corrected chi connectivity index (χ0v) is 29.7. The van der Waals surface area contributed by atoms with Crippen LogP contribution < -0.4 is 4.90 Å². The fourth-order valence-electron chi connectivity index (χ4n) is 8.02. The number of fused-ring (bicyclic) bond motifs is 8. The summed E-state index contributed by atoms with van der Waals surface area (Å²) in [5.41, 5.74) is 11.9. The van der Waals surface area contributed by atoms with Crippen LogP contribution in [0.1, 0.15) is 0 Å². The summed E-state index contributed by atoms with van der Waals surface area (Å²) in [7, 11) is 0. The van der Waals surface area contributed by atoms with Crippen LogP contribution in [0.5, 0.6) is 0 Å². The van der Waals surface area contributed by atoms with Crippen molar-refractivity contribution in [2.75, 3.05) is 4.90 Å². The SMILES string of the molecule is c1ccc(-c2nc3ccc4oc5ccc(-c6ccc(N(c7ccc8ccc9ccccc9c8c7)c7ccccc7-c7ccccc7)cc6)cc5c4c3o2)cc1. The molecule has 258 valence electrons. The molecule has 2 heterocycles. The van der Waals surface area contributed by atoms with Crippen molar-refractivity contribution in [3.05, 3.63) is 194 Å². The van der Waals surface area contributed by atoms with E-state index < -0.39 is 0 Å². The molecule has 0 saturated heterocycles. The maximum absolute atomic E-state index is 6.42. The number of rotatable bonds is 6. The summed E-state index contributed by atoms with van der Waals surface area (Å²) in [4.78, 5) is 7.20. The first-order chi connectivity index (χ1) is 27.2. The minimum absolute atomic E-state index is 0.599. The van der Waals surface area contributed by atoms with E-state index in [0.29, 0.717) is 5.89 Å². The summed E-state index contributed by atoms with van der Waals surface area (Å²) in [5.74, 6) is 0.599. The van der Waals surface area contributed by atoms with Gasteiger partial charge in [0.15, 0.2) is 5.58 Å². The number of oxazole rings is 1. The highest BCUT2D eigenvalue weighted by Crippen LogP contribution is 2.43. The van der Waals surface area contributed by atoms with Gasteiger partial charge in [-0.3, -0.25) is 0 Å². The summed E-state index contributed by atoms with van der Waals surface area (Å²) < 4.78 is 12.7. The third-order valence-electron chi connectivity index (χ3n) is 10.7.